The van der Waals surface area contributed by atoms with Crippen molar-refractivity contribution in [2.24, 2.45) is 5.41 Å². The molecule has 0 saturated heterocycles. The number of nitrogens with zero attached hydrogens (tertiary/aromatic N) is 1. The van der Waals surface area contributed by atoms with Gasteiger partial charge in [-0.05, 0) is 105 Å². The lowest BCUT2D eigenvalue weighted by Crippen LogP contribution is -2.58. The van der Waals surface area contributed by atoms with Crippen LogP contribution in [0.15, 0.2) is 48.0 Å². The molecule has 1 N–H and O–H groups in total. The van der Waals surface area contributed by atoms with Crippen molar-refractivity contribution in [3.63, 3.8) is 0 Å². The Bertz CT molecular complexity index is 1380. The lowest BCUT2D eigenvalue weighted by Gasteiger charge is -2.39. The van der Waals surface area contributed by atoms with E-state index in [4.69, 9.17) is 4.74 Å². The minimum Gasteiger partial charge on any atom is -0.469 e. The molecule has 1 heterocycles. The zero-order chi connectivity index (χ0) is 25.1. The number of esters is 1. The van der Waals surface area contributed by atoms with Crippen molar-refractivity contribution in [1.29, 1.82) is 0 Å². The highest BCUT2D eigenvalue weighted by atomic mass is 16.5. The highest BCUT2D eigenvalue weighted by Gasteiger charge is 2.44. The molecule has 3 aromatic carbocycles. The number of methoxy groups -OCH3 is 1. The van der Waals surface area contributed by atoms with Gasteiger partial charge in [0.1, 0.15) is 0 Å². The first-order valence-corrected chi connectivity index (χ1v) is 12.5. The van der Waals surface area contributed by atoms with Gasteiger partial charge in [0.05, 0.1) is 12.5 Å². The first-order chi connectivity index (χ1) is 16.7. The Labute approximate surface area is 209 Å². The second-order valence-corrected chi connectivity index (χ2v) is 10.8. The number of rotatable bonds is 4. The van der Waals surface area contributed by atoms with Crippen LogP contribution in [0.25, 0.3) is 10.8 Å². The number of fused-ring (bicyclic) bond motifs is 1. The molecule has 0 fully saturated rings. The average molecular weight is 466 g/mol. The Morgan fingerprint density at radius 3 is 2.37 bits per heavy atom. The SMILES string of the molecule is COC(=O)C1(C)Cc2c(C)c(C)c(B3Nc4cccc5cccc(c45)N3CC=C(C)C)c(C)c2C1. The Morgan fingerprint density at radius 2 is 1.71 bits per heavy atom. The van der Waals surface area contributed by atoms with Crippen LogP contribution in [-0.4, -0.2) is 26.6 Å². The summed E-state index contributed by atoms with van der Waals surface area (Å²) in [6.07, 6.45) is 3.77. The fourth-order valence-corrected chi connectivity index (χ4v) is 6.20. The van der Waals surface area contributed by atoms with E-state index >= 15 is 0 Å². The van der Waals surface area contributed by atoms with Crippen LogP contribution >= 0.6 is 0 Å². The summed E-state index contributed by atoms with van der Waals surface area (Å²) in [6, 6.07) is 13.1. The summed E-state index contributed by atoms with van der Waals surface area (Å²) in [6.45, 7) is 13.9. The number of hydrogen-bond donors (Lipinski definition) is 1. The van der Waals surface area contributed by atoms with Gasteiger partial charge < -0.3 is 14.8 Å². The number of carbonyl (C=O) groups excluding carboxylic acids is 1. The molecule has 35 heavy (non-hydrogen) atoms. The van der Waals surface area contributed by atoms with E-state index in [2.05, 4.69) is 87.1 Å². The van der Waals surface area contributed by atoms with Crippen LogP contribution in [0.3, 0.4) is 0 Å². The quantitative estimate of drug-likeness (QED) is 0.307. The van der Waals surface area contributed by atoms with E-state index in [0.29, 0.717) is 0 Å². The molecule has 1 unspecified atom stereocenters. The van der Waals surface area contributed by atoms with Crippen LogP contribution in [0.1, 0.15) is 48.6 Å². The zero-order valence-corrected chi connectivity index (χ0v) is 22.0. The smallest absolute Gasteiger partial charge is 0.409 e. The number of ether oxygens (including phenoxy) is 1. The topological polar surface area (TPSA) is 41.6 Å². The van der Waals surface area contributed by atoms with E-state index in [9.17, 15) is 4.79 Å². The van der Waals surface area contributed by atoms with Gasteiger partial charge in [-0.25, -0.2) is 0 Å². The first kappa shape index (κ1) is 23.5. The summed E-state index contributed by atoms with van der Waals surface area (Å²) in [4.78, 5) is 15.2. The molecule has 1 aliphatic carbocycles. The number of hydrogen-bond acceptors (Lipinski definition) is 4. The molecule has 1 atom stereocenters. The molecule has 0 spiro atoms. The zero-order valence-electron chi connectivity index (χ0n) is 22.0. The Kier molecular flexibility index (Phi) is 5.70. The van der Waals surface area contributed by atoms with Gasteiger partial charge in [0, 0.05) is 23.3 Å². The van der Waals surface area contributed by atoms with Gasteiger partial charge in [-0.1, -0.05) is 35.9 Å². The van der Waals surface area contributed by atoms with Gasteiger partial charge in [0.15, 0.2) is 0 Å². The van der Waals surface area contributed by atoms with Crippen molar-refractivity contribution in [3.05, 3.63) is 75.9 Å². The summed E-state index contributed by atoms with van der Waals surface area (Å²) in [5, 5.41) is 6.44. The van der Waals surface area contributed by atoms with E-state index in [1.54, 1.807) is 0 Å². The standard InChI is InChI=1S/C30H35BN2O2/c1-18(2)14-15-33-26-13-9-11-22-10-8-12-25(27(22)26)32-31(33)28-20(4)19(3)23-16-30(6,29(34)35-7)17-24(23)21(28)5/h8-14,32H,15-17H2,1-7H3. The lowest BCUT2D eigenvalue weighted by molar-refractivity contribution is -0.151. The van der Waals surface area contributed by atoms with Crippen molar-refractivity contribution in [2.45, 2.75) is 54.4 Å². The van der Waals surface area contributed by atoms with Crippen LogP contribution in [0, 0.1) is 26.2 Å². The first-order valence-electron chi connectivity index (χ1n) is 12.5. The number of allylic oxidation sites excluding steroid dienone is 1. The van der Waals surface area contributed by atoms with E-state index in [1.165, 1.54) is 68.1 Å². The summed E-state index contributed by atoms with van der Waals surface area (Å²) < 4.78 is 5.20. The number of nitrogens with one attached hydrogen (secondary N) is 1. The molecule has 0 amide bonds. The van der Waals surface area contributed by atoms with E-state index in [1.807, 2.05) is 6.92 Å². The van der Waals surface area contributed by atoms with Crippen molar-refractivity contribution in [2.75, 3.05) is 23.7 Å². The molecule has 5 rings (SSSR count). The van der Waals surface area contributed by atoms with E-state index in [-0.39, 0.29) is 13.0 Å². The predicted molar refractivity (Wildman–Crippen MR) is 148 cm³/mol. The largest absolute Gasteiger partial charge is 0.469 e. The van der Waals surface area contributed by atoms with E-state index in [0.717, 1.165) is 19.4 Å². The third-order valence-electron chi connectivity index (χ3n) is 8.22. The lowest BCUT2D eigenvalue weighted by atomic mass is 9.59. The minimum absolute atomic E-state index is 0.0000767. The van der Waals surface area contributed by atoms with Crippen molar-refractivity contribution in [3.8, 4) is 0 Å². The number of anilines is 2. The third-order valence-corrected chi connectivity index (χ3v) is 8.22. The average Bonchev–Trinajstić information content (AvgIpc) is 3.21. The predicted octanol–water partition coefficient (Wildman–Crippen LogP) is 5.64. The molecule has 0 bridgehead atoms. The van der Waals surface area contributed by atoms with Crippen molar-refractivity contribution >= 4 is 40.6 Å². The second kappa shape index (κ2) is 8.48. The van der Waals surface area contributed by atoms with E-state index < -0.39 is 5.41 Å². The summed E-state index contributed by atoms with van der Waals surface area (Å²) in [5.74, 6) is -0.117. The van der Waals surface area contributed by atoms with Crippen molar-refractivity contribution in [1.82, 2.24) is 0 Å². The monoisotopic (exact) mass is 466 g/mol. The molecule has 2 aliphatic rings. The molecule has 1 aliphatic heterocycles. The van der Waals surface area contributed by atoms with Gasteiger partial charge in [0.2, 0.25) is 0 Å². The normalized spacial score (nSPS) is 18.4. The van der Waals surface area contributed by atoms with Gasteiger partial charge in [0.25, 0.3) is 0 Å². The fraction of sp³-hybridized carbons (Fsp3) is 0.367. The van der Waals surface area contributed by atoms with Crippen LogP contribution in [0.2, 0.25) is 0 Å². The Hall–Kier alpha value is -3.21. The highest BCUT2D eigenvalue weighted by molar-refractivity contribution is 6.81. The molecular formula is C30H35BN2O2. The highest BCUT2D eigenvalue weighted by Crippen LogP contribution is 2.42. The third kappa shape index (κ3) is 3.64. The summed E-state index contributed by atoms with van der Waals surface area (Å²) >= 11 is 0. The molecule has 3 aromatic rings. The minimum atomic E-state index is -0.502. The van der Waals surface area contributed by atoms with Crippen molar-refractivity contribution < 1.29 is 9.53 Å². The maximum atomic E-state index is 12.7. The molecule has 0 saturated carbocycles. The van der Waals surface area contributed by atoms with Gasteiger partial charge >= 0.3 is 13.0 Å². The molecular weight excluding hydrogens is 431 g/mol. The number of carbonyl (C=O) groups is 1. The Balaban J connectivity index is 1.70. The van der Waals surface area contributed by atoms with Gasteiger partial charge in [-0.15, -0.1) is 0 Å². The van der Waals surface area contributed by atoms with Crippen LogP contribution < -0.4 is 15.5 Å². The molecule has 5 heteroatoms. The van der Waals surface area contributed by atoms with Crippen LogP contribution in [-0.2, 0) is 22.4 Å². The van der Waals surface area contributed by atoms with Crippen LogP contribution in [0.5, 0.6) is 0 Å². The fourth-order valence-electron chi connectivity index (χ4n) is 6.20. The van der Waals surface area contributed by atoms with Crippen LogP contribution in [0.4, 0.5) is 11.4 Å². The molecule has 180 valence electrons. The molecule has 4 nitrogen and oxygen atoms in total. The molecule has 0 radical (unpaired) electrons. The summed E-state index contributed by atoms with van der Waals surface area (Å²) in [5.41, 5.74) is 11.1. The Morgan fingerprint density at radius 1 is 1.06 bits per heavy atom. The maximum Gasteiger partial charge on any atom is 0.409 e. The molecule has 0 aromatic heterocycles. The second-order valence-electron chi connectivity index (χ2n) is 10.8. The van der Waals surface area contributed by atoms with Gasteiger partial charge in [-0.2, -0.15) is 0 Å². The van der Waals surface area contributed by atoms with Gasteiger partial charge in [-0.3, -0.25) is 4.79 Å². The number of benzene rings is 3. The summed E-state index contributed by atoms with van der Waals surface area (Å²) in [7, 11) is 1.50. The maximum absolute atomic E-state index is 12.7.